The van der Waals surface area contributed by atoms with Crippen LogP contribution in [-0.2, 0) is 4.79 Å². The minimum Gasteiger partial charge on any atom is -0.480 e. The molecule has 80 valence electrons. The molecule has 0 bridgehead atoms. The highest BCUT2D eigenvalue weighted by molar-refractivity contribution is 6.31. The van der Waals surface area contributed by atoms with E-state index in [-0.39, 0.29) is 12.2 Å². The minimum absolute atomic E-state index is 0.227. The van der Waals surface area contributed by atoms with Crippen molar-refractivity contribution in [2.75, 3.05) is 0 Å². The van der Waals surface area contributed by atoms with Crippen molar-refractivity contribution in [1.82, 2.24) is 0 Å². The van der Waals surface area contributed by atoms with Gasteiger partial charge in [0.15, 0.2) is 5.78 Å². The quantitative estimate of drug-likeness (QED) is 0.761. The molecule has 0 saturated carbocycles. The number of hydrogen-bond donors (Lipinski definition) is 2. The van der Waals surface area contributed by atoms with Crippen LogP contribution >= 0.6 is 11.6 Å². The lowest BCUT2D eigenvalue weighted by atomic mass is 10.0. The van der Waals surface area contributed by atoms with Crippen molar-refractivity contribution in [2.45, 2.75) is 12.5 Å². The lowest BCUT2D eigenvalue weighted by Crippen LogP contribution is -2.32. The Kier molecular flexibility index (Phi) is 3.82. The Hall–Kier alpha value is -1.39. The minimum atomic E-state index is -1.19. The normalized spacial score (nSPS) is 12.1. The summed E-state index contributed by atoms with van der Waals surface area (Å²) in [5.74, 6) is -1.52. The smallest absolute Gasteiger partial charge is 0.320 e. The number of ketones is 1. The maximum Gasteiger partial charge on any atom is 0.320 e. The van der Waals surface area contributed by atoms with Gasteiger partial charge in [-0.05, 0) is 12.1 Å². The van der Waals surface area contributed by atoms with Crippen molar-refractivity contribution in [3.63, 3.8) is 0 Å². The Labute approximate surface area is 91.7 Å². The van der Waals surface area contributed by atoms with E-state index in [0.717, 1.165) is 0 Å². The standard InChI is InChI=1S/C10H10ClNO3/c11-7-3-1-2-6(4-7)9(13)5-8(12)10(14)15/h1-4,8H,5,12H2,(H,14,15)/t8-/m1/s1. The van der Waals surface area contributed by atoms with Gasteiger partial charge in [-0.2, -0.15) is 0 Å². The summed E-state index contributed by atoms with van der Waals surface area (Å²) in [7, 11) is 0. The number of Topliss-reactive ketones (excluding diaryl/α,β-unsaturated/α-hetero) is 1. The lowest BCUT2D eigenvalue weighted by Gasteiger charge is -2.05. The molecule has 1 rings (SSSR count). The van der Waals surface area contributed by atoms with Gasteiger partial charge in [0.1, 0.15) is 6.04 Å². The summed E-state index contributed by atoms with van der Waals surface area (Å²) in [6.07, 6.45) is -0.227. The number of benzene rings is 1. The van der Waals surface area contributed by atoms with E-state index >= 15 is 0 Å². The number of halogens is 1. The van der Waals surface area contributed by atoms with Gasteiger partial charge in [-0.15, -0.1) is 0 Å². The number of carboxylic acid groups (broad SMARTS) is 1. The molecule has 1 aromatic carbocycles. The number of nitrogens with two attached hydrogens (primary N) is 1. The average Bonchev–Trinajstić information content (AvgIpc) is 2.17. The summed E-state index contributed by atoms with van der Waals surface area (Å²) < 4.78 is 0. The number of aliphatic carboxylic acids is 1. The number of carboxylic acids is 1. The van der Waals surface area contributed by atoms with Gasteiger partial charge in [0.05, 0.1) is 0 Å². The predicted molar refractivity (Wildman–Crippen MR) is 56.0 cm³/mol. The van der Waals surface area contributed by atoms with Crippen LogP contribution < -0.4 is 5.73 Å². The third kappa shape index (κ3) is 3.34. The van der Waals surface area contributed by atoms with Crippen LogP contribution in [0.4, 0.5) is 0 Å². The van der Waals surface area contributed by atoms with Crippen molar-refractivity contribution in [3.05, 3.63) is 34.9 Å². The molecule has 0 aliphatic heterocycles. The third-order valence-corrected chi connectivity index (χ3v) is 2.10. The molecule has 0 unspecified atom stereocenters. The number of rotatable bonds is 4. The third-order valence-electron chi connectivity index (χ3n) is 1.87. The SMILES string of the molecule is N[C@H](CC(=O)c1cccc(Cl)c1)C(=O)O. The number of hydrogen-bond acceptors (Lipinski definition) is 3. The van der Waals surface area contributed by atoms with Gasteiger partial charge >= 0.3 is 5.97 Å². The zero-order valence-electron chi connectivity index (χ0n) is 7.81. The van der Waals surface area contributed by atoms with Crippen LogP contribution in [0.3, 0.4) is 0 Å². The van der Waals surface area contributed by atoms with E-state index in [1.165, 1.54) is 6.07 Å². The zero-order valence-corrected chi connectivity index (χ0v) is 8.57. The monoisotopic (exact) mass is 227 g/mol. The maximum atomic E-state index is 11.5. The van der Waals surface area contributed by atoms with Gasteiger partial charge in [0.25, 0.3) is 0 Å². The molecule has 0 heterocycles. The van der Waals surface area contributed by atoms with Crippen molar-refractivity contribution in [1.29, 1.82) is 0 Å². The second kappa shape index (κ2) is 4.91. The summed E-state index contributed by atoms with van der Waals surface area (Å²) >= 11 is 5.69. The van der Waals surface area contributed by atoms with Crippen molar-refractivity contribution in [2.24, 2.45) is 5.73 Å². The largest absolute Gasteiger partial charge is 0.480 e. The van der Waals surface area contributed by atoms with Crippen LogP contribution in [0.25, 0.3) is 0 Å². The van der Waals surface area contributed by atoms with E-state index < -0.39 is 12.0 Å². The molecule has 0 aliphatic carbocycles. The van der Waals surface area contributed by atoms with Crippen molar-refractivity contribution in [3.8, 4) is 0 Å². The van der Waals surface area contributed by atoms with Crippen LogP contribution in [0, 0.1) is 0 Å². The van der Waals surface area contributed by atoms with Gasteiger partial charge < -0.3 is 10.8 Å². The Bertz CT molecular complexity index is 392. The maximum absolute atomic E-state index is 11.5. The first-order chi connectivity index (χ1) is 7.00. The molecule has 0 aliphatic rings. The summed E-state index contributed by atoms with van der Waals surface area (Å²) in [5.41, 5.74) is 5.61. The highest BCUT2D eigenvalue weighted by atomic mass is 35.5. The van der Waals surface area contributed by atoms with Crippen LogP contribution in [0.15, 0.2) is 24.3 Å². The molecule has 0 spiro atoms. The first kappa shape index (κ1) is 11.7. The van der Waals surface area contributed by atoms with Gasteiger partial charge in [-0.3, -0.25) is 9.59 Å². The van der Waals surface area contributed by atoms with Gasteiger partial charge in [-0.25, -0.2) is 0 Å². The fourth-order valence-electron chi connectivity index (χ4n) is 1.07. The molecule has 1 aromatic rings. The fraction of sp³-hybridized carbons (Fsp3) is 0.200. The Morgan fingerprint density at radius 1 is 1.47 bits per heavy atom. The molecule has 4 nitrogen and oxygen atoms in total. The molecule has 15 heavy (non-hydrogen) atoms. The molecule has 0 fully saturated rings. The second-order valence-electron chi connectivity index (χ2n) is 3.08. The summed E-state index contributed by atoms with van der Waals surface area (Å²) in [4.78, 5) is 21.9. The Morgan fingerprint density at radius 3 is 2.67 bits per heavy atom. The average molecular weight is 228 g/mol. The topological polar surface area (TPSA) is 80.4 Å². The van der Waals surface area contributed by atoms with E-state index in [1.807, 2.05) is 0 Å². The summed E-state index contributed by atoms with van der Waals surface area (Å²) in [6, 6.07) is 5.15. The van der Waals surface area contributed by atoms with Crippen LogP contribution in [0.5, 0.6) is 0 Å². The van der Waals surface area contributed by atoms with E-state index in [1.54, 1.807) is 18.2 Å². The van der Waals surface area contributed by atoms with Gasteiger partial charge in [-0.1, -0.05) is 23.7 Å². The molecule has 3 N–H and O–H groups in total. The van der Waals surface area contributed by atoms with Crippen molar-refractivity contribution >= 4 is 23.4 Å². The molecule has 0 amide bonds. The predicted octanol–water partition coefficient (Wildman–Crippen LogP) is 1.32. The summed E-state index contributed by atoms with van der Waals surface area (Å²) in [6.45, 7) is 0. The van der Waals surface area contributed by atoms with Crippen LogP contribution in [0.1, 0.15) is 16.8 Å². The molecule has 0 aromatic heterocycles. The van der Waals surface area contributed by atoms with Gasteiger partial charge in [0, 0.05) is 17.0 Å². The molecule has 0 saturated heterocycles. The highest BCUT2D eigenvalue weighted by Crippen LogP contribution is 2.12. The van der Waals surface area contributed by atoms with Crippen LogP contribution in [-0.4, -0.2) is 22.9 Å². The number of carbonyl (C=O) groups is 2. The van der Waals surface area contributed by atoms with Crippen LogP contribution in [0.2, 0.25) is 5.02 Å². The van der Waals surface area contributed by atoms with E-state index in [0.29, 0.717) is 10.6 Å². The molecule has 1 atom stereocenters. The first-order valence-electron chi connectivity index (χ1n) is 4.28. The molecule has 5 heteroatoms. The van der Waals surface area contributed by atoms with E-state index in [4.69, 9.17) is 22.4 Å². The zero-order chi connectivity index (χ0) is 11.4. The van der Waals surface area contributed by atoms with E-state index in [9.17, 15) is 9.59 Å². The van der Waals surface area contributed by atoms with Gasteiger partial charge in [0.2, 0.25) is 0 Å². The summed E-state index contributed by atoms with van der Waals surface area (Å²) in [5, 5.41) is 8.96. The molecule has 0 radical (unpaired) electrons. The second-order valence-corrected chi connectivity index (χ2v) is 3.52. The Morgan fingerprint density at radius 2 is 2.13 bits per heavy atom. The first-order valence-corrected chi connectivity index (χ1v) is 4.65. The van der Waals surface area contributed by atoms with Crippen molar-refractivity contribution < 1.29 is 14.7 Å². The van der Waals surface area contributed by atoms with E-state index in [2.05, 4.69) is 0 Å². The fourth-order valence-corrected chi connectivity index (χ4v) is 1.26. The number of carbonyl (C=O) groups excluding carboxylic acids is 1. The highest BCUT2D eigenvalue weighted by Gasteiger charge is 2.17. The molecular weight excluding hydrogens is 218 g/mol. The Balaban J connectivity index is 2.73. The molecular formula is C10H10ClNO3. The lowest BCUT2D eigenvalue weighted by molar-refractivity contribution is -0.138.